The van der Waals surface area contributed by atoms with Gasteiger partial charge < -0.3 is 19.3 Å². The molecule has 2 heterocycles. The third kappa shape index (κ3) is 3.34. The topological polar surface area (TPSA) is 92.9 Å². The molecule has 2 rings (SSSR count). The van der Waals surface area contributed by atoms with Gasteiger partial charge >= 0.3 is 5.97 Å². The van der Waals surface area contributed by atoms with Crippen molar-refractivity contribution >= 4 is 11.9 Å². The first kappa shape index (κ1) is 15.3. The van der Waals surface area contributed by atoms with Crippen molar-refractivity contribution in [1.82, 2.24) is 10.1 Å². The number of rotatable bonds is 5. The Morgan fingerprint density at radius 3 is 2.90 bits per heavy atom. The Hall–Kier alpha value is -2.05. The number of hydrogen-bond donors (Lipinski definition) is 1. The van der Waals surface area contributed by atoms with E-state index in [0.717, 1.165) is 0 Å². The number of carbonyl (C=O) groups is 2. The third-order valence-corrected chi connectivity index (χ3v) is 4.01. The number of ether oxygens (including phenoxy) is 1. The Balaban J connectivity index is 1.94. The van der Waals surface area contributed by atoms with E-state index in [-0.39, 0.29) is 24.9 Å². The number of piperidine rings is 1. The first-order valence-corrected chi connectivity index (χ1v) is 7.04. The molecule has 1 saturated heterocycles. The molecule has 0 radical (unpaired) electrons. The van der Waals surface area contributed by atoms with Gasteiger partial charge in [0.15, 0.2) is 6.61 Å². The van der Waals surface area contributed by atoms with Gasteiger partial charge in [-0.25, -0.2) is 0 Å². The maximum atomic E-state index is 12.2. The van der Waals surface area contributed by atoms with E-state index in [0.29, 0.717) is 31.6 Å². The number of carboxylic acid groups (broad SMARTS) is 1. The number of carboxylic acids is 1. The number of nitrogens with zero attached hydrogens (tertiary/aromatic N) is 2. The Morgan fingerprint density at radius 1 is 1.57 bits per heavy atom. The van der Waals surface area contributed by atoms with Crippen LogP contribution in [0.15, 0.2) is 10.6 Å². The highest BCUT2D eigenvalue weighted by atomic mass is 16.5. The minimum atomic E-state index is -0.837. The summed E-state index contributed by atoms with van der Waals surface area (Å²) in [6.45, 7) is 4.21. The van der Waals surface area contributed by atoms with E-state index in [1.54, 1.807) is 17.9 Å². The zero-order chi connectivity index (χ0) is 15.5. The molecule has 0 spiro atoms. The van der Waals surface area contributed by atoms with Gasteiger partial charge in [0.1, 0.15) is 5.76 Å². The number of hydrogen-bond acceptors (Lipinski definition) is 5. The summed E-state index contributed by atoms with van der Waals surface area (Å²) >= 11 is 0. The SMILES string of the molecule is CCC1(C(=O)O)CCCN(C(=O)COc2cc(C)on2)C1. The fraction of sp³-hybridized carbons (Fsp3) is 0.643. The highest BCUT2D eigenvalue weighted by molar-refractivity contribution is 5.80. The van der Waals surface area contributed by atoms with Crippen LogP contribution in [0.2, 0.25) is 0 Å². The number of carbonyl (C=O) groups excluding carboxylic acids is 1. The summed E-state index contributed by atoms with van der Waals surface area (Å²) in [5, 5.41) is 13.1. The summed E-state index contributed by atoms with van der Waals surface area (Å²) in [6, 6.07) is 1.59. The molecule has 0 aliphatic carbocycles. The van der Waals surface area contributed by atoms with Gasteiger partial charge in [-0.05, 0) is 31.3 Å². The molecule has 1 unspecified atom stereocenters. The Bertz CT molecular complexity index is 527. The zero-order valence-electron chi connectivity index (χ0n) is 12.3. The maximum Gasteiger partial charge on any atom is 0.311 e. The molecule has 0 saturated carbocycles. The molecular formula is C14H20N2O5. The van der Waals surface area contributed by atoms with Crippen LogP contribution in [0.1, 0.15) is 31.9 Å². The molecule has 1 aromatic rings. The van der Waals surface area contributed by atoms with Crippen LogP contribution in [0.25, 0.3) is 0 Å². The van der Waals surface area contributed by atoms with Crippen LogP contribution in [0.5, 0.6) is 5.88 Å². The molecule has 116 valence electrons. The van der Waals surface area contributed by atoms with E-state index in [1.165, 1.54) is 0 Å². The minimum Gasteiger partial charge on any atom is -0.481 e. The van der Waals surface area contributed by atoms with Gasteiger partial charge in [-0.15, -0.1) is 0 Å². The van der Waals surface area contributed by atoms with Crippen molar-refractivity contribution in [3.8, 4) is 5.88 Å². The van der Waals surface area contributed by atoms with Crippen molar-refractivity contribution in [2.24, 2.45) is 5.41 Å². The van der Waals surface area contributed by atoms with Crippen LogP contribution in [-0.2, 0) is 9.59 Å². The van der Waals surface area contributed by atoms with Gasteiger partial charge in [-0.1, -0.05) is 6.92 Å². The van der Waals surface area contributed by atoms with Crippen LogP contribution in [-0.4, -0.2) is 46.7 Å². The quantitative estimate of drug-likeness (QED) is 0.884. The summed E-state index contributed by atoms with van der Waals surface area (Å²) in [6.07, 6.45) is 1.80. The molecular weight excluding hydrogens is 276 g/mol. The molecule has 1 atom stereocenters. The fourth-order valence-electron chi connectivity index (χ4n) is 2.60. The van der Waals surface area contributed by atoms with E-state index in [2.05, 4.69) is 5.16 Å². The van der Waals surface area contributed by atoms with E-state index in [1.807, 2.05) is 6.92 Å². The predicted molar refractivity (Wildman–Crippen MR) is 72.9 cm³/mol. The molecule has 1 N–H and O–H groups in total. The van der Waals surface area contributed by atoms with Crippen LogP contribution < -0.4 is 4.74 Å². The summed E-state index contributed by atoms with van der Waals surface area (Å²) < 4.78 is 10.1. The number of aryl methyl sites for hydroxylation is 1. The second-order valence-corrected chi connectivity index (χ2v) is 5.42. The molecule has 1 aromatic heterocycles. The molecule has 0 bridgehead atoms. The zero-order valence-corrected chi connectivity index (χ0v) is 12.3. The highest BCUT2D eigenvalue weighted by Crippen LogP contribution is 2.33. The Kier molecular flexibility index (Phi) is 4.50. The predicted octanol–water partition coefficient (Wildman–Crippen LogP) is 1.47. The normalized spacial score (nSPS) is 22.1. The first-order valence-electron chi connectivity index (χ1n) is 7.04. The molecule has 7 nitrogen and oxygen atoms in total. The van der Waals surface area contributed by atoms with Gasteiger partial charge in [0.05, 0.1) is 5.41 Å². The van der Waals surface area contributed by atoms with E-state index < -0.39 is 11.4 Å². The van der Waals surface area contributed by atoms with Crippen LogP contribution in [0, 0.1) is 12.3 Å². The summed E-state index contributed by atoms with van der Waals surface area (Å²) in [4.78, 5) is 25.2. The molecule has 1 fully saturated rings. The molecule has 0 aromatic carbocycles. The van der Waals surface area contributed by atoms with E-state index in [9.17, 15) is 14.7 Å². The van der Waals surface area contributed by atoms with E-state index in [4.69, 9.17) is 9.26 Å². The third-order valence-electron chi connectivity index (χ3n) is 4.01. The Labute approximate surface area is 122 Å². The standard InChI is InChI=1S/C14H20N2O5/c1-3-14(13(18)19)5-4-6-16(9-14)12(17)8-20-11-7-10(2)21-15-11/h7H,3-6,8-9H2,1-2H3,(H,18,19). The van der Waals surface area contributed by atoms with Crippen molar-refractivity contribution in [2.45, 2.75) is 33.1 Å². The monoisotopic (exact) mass is 296 g/mol. The van der Waals surface area contributed by atoms with Crippen LogP contribution in [0.4, 0.5) is 0 Å². The molecule has 1 aliphatic rings. The molecule has 21 heavy (non-hydrogen) atoms. The minimum absolute atomic E-state index is 0.161. The number of aliphatic carboxylic acids is 1. The van der Waals surface area contributed by atoms with Gasteiger partial charge in [0.2, 0.25) is 0 Å². The van der Waals surface area contributed by atoms with Crippen molar-refractivity contribution in [3.05, 3.63) is 11.8 Å². The smallest absolute Gasteiger partial charge is 0.311 e. The average molecular weight is 296 g/mol. The maximum absolute atomic E-state index is 12.2. The summed E-state index contributed by atoms with van der Waals surface area (Å²) in [5.41, 5.74) is -0.835. The number of aromatic nitrogens is 1. The van der Waals surface area contributed by atoms with E-state index >= 15 is 0 Å². The molecule has 1 amide bonds. The molecule has 1 aliphatic heterocycles. The second kappa shape index (κ2) is 6.15. The highest BCUT2D eigenvalue weighted by Gasteiger charge is 2.42. The lowest BCUT2D eigenvalue weighted by Crippen LogP contribution is -2.50. The Morgan fingerprint density at radius 2 is 2.33 bits per heavy atom. The summed E-state index contributed by atoms with van der Waals surface area (Å²) in [5.74, 6) is -0.200. The lowest BCUT2D eigenvalue weighted by atomic mass is 9.77. The lowest BCUT2D eigenvalue weighted by molar-refractivity contribution is -0.155. The van der Waals surface area contributed by atoms with Gasteiger partial charge in [0.25, 0.3) is 11.8 Å². The van der Waals surface area contributed by atoms with Gasteiger partial charge in [-0.3, -0.25) is 9.59 Å². The average Bonchev–Trinajstić information content (AvgIpc) is 2.90. The first-order chi connectivity index (χ1) is 9.97. The fourth-order valence-corrected chi connectivity index (χ4v) is 2.60. The van der Waals surface area contributed by atoms with Crippen molar-refractivity contribution in [2.75, 3.05) is 19.7 Å². The van der Waals surface area contributed by atoms with Crippen molar-refractivity contribution < 1.29 is 24.0 Å². The number of amides is 1. The lowest BCUT2D eigenvalue weighted by Gasteiger charge is -2.39. The summed E-state index contributed by atoms with van der Waals surface area (Å²) in [7, 11) is 0. The van der Waals surface area contributed by atoms with Gasteiger partial charge in [0, 0.05) is 19.2 Å². The van der Waals surface area contributed by atoms with Crippen LogP contribution >= 0.6 is 0 Å². The largest absolute Gasteiger partial charge is 0.481 e. The van der Waals surface area contributed by atoms with Gasteiger partial charge in [-0.2, -0.15) is 0 Å². The number of likely N-dealkylation sites (tertiary alicyclic amines) is 1. The van der Waals surface area contributed by atoms with Crippen molar-refractivity contribution in [1.29, 1.82) is 0 Å². The van der Waals surface area contributed by atoms with Crippen LogP contribution in [0.3, 0.4) is 0 Å². The molecule has 7 heteroatoms. The second-order valence-electron chi connectivity index (χ2n) is 5.42. The van der Waals surface area contributed by atoms with Crippen molar-refractivity contribution in [3.63, 3.8) is 0 Å².